The molecule has 0 aliphatic rings. The summed E-state index contributed by atoms with van der Waals surface area (Å²) >= 11 is 0. The van der Waals surface area contributed by atoms with Gasteiger partial charge in [0.1, 0.15) is 12.1 Å². The molecule has 4 nitrogen and oxygen atoms in total. The summed E-state index contributed by atoms with van der Waals surface area (Å²) in [5.41, 5.74) is 0.376. The van der Waals surface area contributed by atoms with E-state index in [1.54, 1.807) is 0 Å². The second-order valence-electron chi connectivity index (χ2n) is 5.55. The van der Waals surface area contributed by atoms with Gasteiger partial charge in [-0.25, -0.2) is 9.97 Å². The molecule has 2 aromatic rings. The van der Waals surface area contributed by atoms with Gasteiger partial charge in [0.25, 0.3) is 0 Å². The standard InChI is InChI=1S/C14H13F3N2O2/c1-13(2,3)12-9-5-11(21-14(15,16)17)8(6-20)4-10(9)18-7-19-12/h4-7H,1-3H3. The van der Waals surface area contributed by atoms with E-state index in [1.807, 2.05) is 20.8 Å². The second kappa shape index (κ2) is 4.98. The number of rotatable bonds is 2. The van der Waals surface area contributed by atoms with Crippen molar-refractivity contribution in [3.63, 3.8) is 0 Å². The zero-order valence-corrected chi connectivity index (χ0v) is 11.7. The van der Waals surface area contributed by atoms with Gasteiger partial charge in [0.05, 0.1) is 16.8 Å². The molecule has 112 valence electrons. The minimum Gasteiger partial charge on any atom is -0.405 e. The predicted molar refractivity (Wildman–Crippen MR) is 70.3 cm³/mol. The molecule has 1 aromatic carbocycles. The number of carbonyl (C=O) groups is 1. The van der Waals surface area contributed by atoms with Crippen molar-refractivity contribution in [2.24, 2.45) is 0 Å². The molecule has 1 aromatic heterocycles. The maximum atomic E-state index is 12.4. The average molecular weight is 298 g/mol. The Morgan fingerprint density at radius 2 is 1.81 bits per heavy atom. The first-order valence-electron chi connectivity index (χ1n) is 6.12. The second-order valence-corrected chi connectivity index (χ2v) is 5.55. The van der Waals surface area contributed by atoms with E-state index in [1.165, 1.54) is 12.4 Å². The number of ether oxygens (including phenoxy) is 1. The zero-order valence-electron chi connectivity index (χ0n) is 11.7. The Balaban J connectivity index is 2.72. The van der Waals surface area contributed by atoms with Crippen molar-refractivity contribution >= 4 is 17.2 Å². The monoisotopic (exact) mass is 298 g/mol. The average Bonchev–Trinajstić information content (AvgIpc) is 2.34. The van der Waals surface area contributed by atoms with Gasteiger partial charge in [0, 0.05) is 10.8 Å². The molecule has 0 fully saturated rings. The lowest BCUT2D eigenvalue weighted by Gasteiger charge is -2.20. The molecule has 0 saturated heterocycles. The van der Waals surface area contributed by atoms with E-state index < -0.39 is 12.1 Å². The lowest BCUT2D eigenvalue weighted by atomic mass is 9.89. The first-order valence-corrected chi connectivity index (χ1v) is 6.12. The van der Waals surface area contributed by atoms with Crippen LogP contribution in [0.3, 0.4) is 0 Å². The molecule has 0 bridgehead atoms. The van der Waals surface area contributed by atoms with Gasteiger partial charge in [-0.1, -0.05) is 20.8 Å². The van der Waals surface area contributed by atoms with Crippen molar-refractivity contribution in [3.05, 3.63) is 29.7 Å². The van der Waals surface area contributed by atoms with Gasteiger partial charge in [-0.3, -0.25) is 4.79 Å². The third-order valence-corrected chi connectivity index (χ3v) is 2.83. The van der Waals surface area contributed by atoms with Crippen LogP contribution in [0.25, 0.3) is 10.9 Å². The summed E-state index contributed by atoms with van der Waals surface area (Å²) in [4.78, 5) is 19.1. The smallest absolute Gasteiger partial charge is 0.405 e. The fourth-order valence-electron chi connectivity index (χ4n) is 2.00. The van der Waals surface area contributed by atoms with Crippen LogP contribution in [0.5, 0.6) is 5.75 Å². The number of benzene rings is 1. The highest BCUT2D eigenvalue weighted by Gasteiger charge is 2.32. The predicted octanol–water partition coefficient (Wildman–Crippen LogP) is 3.64. The number of fused-ring (bicyclic) bond motifs is 1. The normalized spacial score (nSPS) is 12.5. The largest absolute Gasteiger partial charge is 0.573 e. The fourth-order valence-corrected chi connectivity index (χ4v) is 2.00. The molecule has 1 heterocycles. The molecule has 0 unspecified atom stereocenters. The first kappa shape index (κ1) is 15.2. The van der Waals surface area contributed by atoms with E-state index in [0.717, 1.165) is 6.07 Å². The molecule has 0 aliphatic heterocycles. The van der Waals surface area contributed by atoms with Gasteiger partial charge in [-0.2, -0.15) is 0 Å². The van der Waals surface area contributed by atoms with Crippen LogP contribution >= 0.6 is 0 Å². The first-order chi connectivity index (χ1) is 9.62. The molecular formula is C14H13F3N2O2. The third kappa shape index (κ3) is 3.29. The van der Waals surface area contributed by atoms with Crippen molar-refractivity contribution < 1.29 is 22.7 Å². The molecule has 0 saturated carbocycles. The molecule has 21 heavy (non-hydrogen) atoms. The fraction of sp³-hybridized carbons (Fsp3) is 0.357. The molecule has 2 rings (SSSR count). The highest BCUT2D eigenvalue weighted by molar-refractivity contribution is 5.91. The molecule has 0 radical (unpaired) electrons. The molecule has 0 spiro atoms. The Kier molecular flexibility index (Phi) is 3.61. The van der Waals surface area contributed by atoms with E-state index in [-0.39, 0.29) is 11.0 Å². The topological polar surface area (TPSA) is 52.1 Å². The Morgan fingerprint density at radius 3 is 2.33 bits per heavy atom. The Labute approximate surface area is 119 Å². The Hall–Kier alpha value is -2.18. The van der Waals surface area contributed by atoms with E-state index in [0.29, 0.717) is 22.9 Å². The zero-order chi connectivity index (χ0) is 15.8. The Bertz CT molecular complexity index is 691. The maximum absolute atomic E-state index is 12.4. The van der Waals surface area contributed by atoms with Crippen molar-refractivity contribution in [1.82, 2.24) is 9.97 Å². The van der Waals surface area contributed by atoms with E-state index in [9.17, 15) is 18.0 Å². The van der Waals surface area contributed by atoms with Crippen molar-refractivity contribution in [1.29, 1.82) is 0 Å². The lowest BCUT2D eigenvalue weighted by Crippen LogP contribution is -2.19. The number of carbonyl (C=O) groups excluding carboxylic acids is 1. The summed E-state index contributed by atoms with van der Waals surface area (Å²) in [6.07, 6.45) is -3.25. The van der Waals surface area contributed by atoms with Gasteiger partial charge in [0.2, 0.25) is 0 Å². The van der Waals surface area contributed by atoms with Crippen molar-refractivity contribution in [3.8, 4) is 5.75 Å². The van der Waals surface area contributed by atoms with E-state index >= 15 is 0 Å². The van der Waals surface area contributed by atoms with Crippen LogP contribution in [0.1, 0.15) is 36.8 Å². The summed E-state index contributed by atoms with van der Waals surface area (Å²) in [7, 11) is 0. The summed E-state index contributed by atoms with van der Waals surface area (Å²) < 4.78 is 41.2. The molecule has 7 heteroatoms. The highest BCUT2D eigenvalue weighted by Crippen LogP contribution is 2.33. The van der Waals surface area contributed by atoms with Crippen LogP contribution < -0.4 is 4.74 Å². The number of hydrogen-bond acceptors (Lipinski definition) is 4. The van der Waals surface area contributed by atoms with Gasteiger partial charge in [-0.15, -0.1) is 13.2 Å². The van der Waals surface area contributed by atoms with Crippen LogP contribution in [-0.4, -0.2) is 22.6 Å². The SMILES string of the molecule is CC(C)(C)c1ncnc2cc(C=O)c(OC(F)(F)F)cc12. The van der Waals surface area contributed by atoms with Gasteiger partial charge >= 0.3 is 6.36 Å². The van der Waals surface area contributed by atoms with Crippen LogP contribution in [0.4, 0.5) is 13.2 Å². The number of hydrogen-bond donors (Lipinski definition) is 0. The summed E-state index contributed by atoms with van der Waals surface area (Å²) in [6.45, 7) is 5.64. The van der Waals surface area contributed by atoms with E-state index in [2.05, 4.69) is 14.7 Å². The van der Waals surface area contributed by atoms with E-state index in [4.69, 9.17) is 0 Å². The van der Waals surface area contributed by atoms with Crippen LogP contribution in [-0.2, 0) is 5.41 Å². The minimum absolute atomic E-state index is 0.210. The van der Waals surface area contributed by atoms with Crippen molar-refractivity contribution in [2.45, 2.75) is 32.5 Å². The van der Waals surface area contributed by atoms with Crippen molar-refractivity contribution in [2.75, 3.05) is 0 Å². The van der Waals surface area contributed by atoms with Gasteiger partial charge < -0.3 is 4.74 Å². The number of aromatic nitrogens is 2. The number of nitrogens with zero attached hydrogens (tertiary/aromatic N) is 2. The van der Waals surface area contributed by atoms with Crippen LogP contribution in [0.15, 0.2) is 18.5 Å². The summed E-state index contributed by atoms with van der Waals surface area (Å²) in [5.74, 6) is -0.551. The van der Waals surface area contributed by atoms with Gasteiger partial charge in [-0.05, 0) is 12.1 Å². The molecule has 0 aliphatic carbocycles. The quantitative estimate of drug-likeness (QED) is 0.794. The lowest BCUT2D eigenvalue weighted by molar-refractivity contribution is -0.274. The van der Waals surface area contributed by atoms with Crippen LogP contribution in [0.2, 0.25) is 0 Å². The molecule has 0 atom stereocenters. The minimum atomic E-state index is -4.87. The summed E-state index contributed by atoms with van der Waals surface area (Å²) in [6, 6.07) is 2.42. The number of halogens is 3. The number of alkyl halides is 3. The maximum Gasteiger partial charge on any atom is 0.573 e. The third-order valence-electron chi connectivity index (χ3n) is 2.83. The molecular weight excluding hydrogens is 285 g/mol. The summed E-state index contributed by atoms with van der Waals surface area (Å²) in [5, 5.41) is 0.426. The van der Waals surface area contributed by atoms with Gasteiger partial charge in [0.15, 0.2) is 6.29 Å². The number of aldehydes is 1. The Morgan fingerprint density at radius 1 is 1.14 bits per heavy atom. The highest BCUT2D eigenvalue weighted by atomic mass is 19.4. The van der Waals surface area contributed by atoms with Crippen LogP contribution in [0, 0.1) is 0 Å². The molecule has 0 amide bonds. The molecule has 0 N–H and O–H groups in total.